The highest BCUT2D eigenvalue weighted by atomic mass is 19.1. The van der Waals surface area contributed by atoms with E-state index in [4.69, 9.17) is 5.73 Å². The number of halogens is 1. The normalized spacial score (nSPS) is 20.3. The van der Waals surface area contributed by atoms with Crippen molar-refractivity contribution in [3.8, 4) is 0 Å². The largest absolute Gasteiger partial charge is 0.398 e. The summed E-state index contributed by atoms with van der Waals surface area (Å²) in [6.07, 6.45) is 2.07. The number of carbonyl (C=O) groups is 1. The number of hydrogen-bond acceptors (Lipinski definition) is 3. The molecule has 0 aromatic heterocycles. The van der Waals surface area contributed by atoms with Crippen molar-refractivity contribution < 1.29 is 9.18 Å². The van der Waals surface area contributed by atoms with Crippen molar-refractivity contribution in [1.82, 2.24) is 9.80 Å². The standard InChI is InChI=1S/C14H20FN3O/c1-17-7-3-4-11(9-17)18(2)14(19)12-6-5-10(15)8-13(12)16/h5-6,8,11H,3-4,7,9,16H2,1-2H3. The van der Waals surface area contributed by atoms with Gasteiger partial charge in [0.25, 0.3) is 5.91 Å². The molecule has 0 spiro atoms. The number of nitrogen functional groups attached to an aromatic ring is 1. The number of carbonyl (C=O) groups excluding carboxylic acids is 1. The van der Waals surface area contributed by atoms with Gasteiger partial charge in [-0.3, -0.25) is 4.79 Å². The third kappa shape index (κ3) is 3.04. The van der Waals surface area contributed by atoms with Gasteiger partial charge in [-0.1, -0.05) is 0 Å². The van der Waals surface area contributed by atoms with Crippen molar-refractivity contribution in [3.05, 3.63) is 29.6 Å². The topological polar surface area (TPSA) is 49.6 Å². The van der Waals surface area contributed by atoms with Gasteiger partial charge in [0.2, 0.25) is 0 Å². The summed E-state index contributed by atoms with van der Waals surface area (Å²) >= 11 is 0. The summed E-state index contributed by atoms with van der Waals surface area (Å²) in [5.74, 6) is -0.563. The first-order valence-corrected chi connectivity index (χ1v) is 6.50. The number of likely N-dealkylation sites (N-methyl/N-ethyl adjacent to an activating group) is 2. The van der Waals surface area contributed by atoms with Crippen LogP contribution in [0.15, 0.2) is 18.2 Å². The van der Waals surface area contributed by atoms with Crippen LogP contribution in [0.1, 0.15) is 23.2 Å². The molecule has 19 heavy (non-hydrogen) atoms. The molecule has 1 fully saturated rings. The number of rotatable bonds is 2. The monoisotopic (exact) mass is 265 g/mol. The molecule has 1 amide bonds. The van der Waals surface area contributed by atoms with Gasteiger partial charge in [0.1, 0.15) is 5.82 Å². The number of hydrogen-bond donors (Lipinski definition) is 1. The van der Waals surface area contributed by atoms with Crippen molar-refractivity contribution in [1.29, 1.82) is 0 Å². The smallest absolute Gasteiger partial charge is 0.255 e. The molecule has 0 radical (unpaired) electrons. The fourth-order valence-electron chi connectivity index (χ4n) is 2.54. The Morgan fingerprint density at radius 3 is 2.89 bits per heavy atom. The Morgan fingerprint density at radius 2 is 2.26 bits per heavy atom. The Balaban J connectivity index is 2.14. The molecule has 5 heteroatoms. The first-order valence-electron chi connectivity index (χ1n) is 6.50. The second kappa shape index (κ2) is 5.57. The van der Waals surface area contributed by atoms with E-state index in [9.17, 15) is 9.18 Å². The highest BCUT2D eigenvalue weighted by Gasteiger charge is 2.26. The lowest BCUT2D eigenvalue weighted by atomic mass is 10.0. The third-order valence-corrected chi connectivity index (χ3v) is 3.71. The molecule has 104 valence electrons. The average molecular weight is 265 g/mol. The molecule has 2 rings (SSSR count). The Kier molecular flexibility index (Phi) is 4.04. The quantitative estimate of drug-likeness (QED) is 0.826. The number of piperidine rings is 1. The van der Waals surface area contributed by atoms with E-state index in [0.29, 0.717) is 5.56 Å². The van der Waals surface area contributed by atoms with Crippen LogP contribution in [0.2, 0.25) is 0 Å². The van der Waals surface area contributed by atoms with Crippen LogP contribution in [-0.4, -0.2) is 48.9 Å². The van der Waals surface area contributed by atoms with Crippen molar-refractivity contribution in [2.24, 2.45) is 0 Å². The fraction of sp³-hybridized carbons (Fsp3) is 0.500. The van der Waals surface area contributed by atoms with Crippen LogP contribution in [0.3, 0.4) is 0 Å². The highest BCUT2D eigenvalue weighted by molar-refractivity contribution is 5.99. The molecular formula is C14H20FN3O. The SMILES string of the molecule is CN1CCCC(N(C)C(=O)c2ccc(F)cc2N)C1. The van der Waals surface area contributed by atoms with E-state index in [1.807, 2.05) is 0 Å². The van der Waals surface area contributed by atoms with Gasteiger partial charge in [0.15, 0.2) is 0 Å². The van der Waals surface area contributed by atoms with Crippen molar-refractivity contribution in [2.45, 2.75) is 18.9 Å². The van der Waals surface area contributed by atoms with Gasteiger partial charge in [-0.15, -0.1) is 0 Å². The molecular weight excluding hydrogens is 245 g/mol. The van der Waals surface area contributed by atoms with Gasteiger partial charge in [0, 0.05) is 25.3 Å². The molecule has 0 saturated carbocycles. The lowest BCUT2D eigenvalue weighted by Crippen LogP contribution is -2.47. The van der Waals surface area contributed by atoms with E-state index in [1.165, 1.54) is 18.2 Å². The van der Waals surface area contributed by atoms with Crippen LogP contribution in [0.5, 0.6) is 0 Å². The molecule has 0 aliphatic carbocycles. The van der Waals surface area contributed by atoms with E-state index in [2.05, 4.69) is 11.9 Å². The minimum absolute atomic E-state index is 0.141. The highest BCUT2D eigenvalue weighted by Crippen LogP contribution is 2.19. The van der Waals surface area contributed by atoms with Gasteiger partial charge >= 0.3 is 0 Å². The van der Waals surface area contributed by atoms with Crippen molar-refractivity contribution in [3.63, 3.8) is 0 Å². The molecule has 1 aliphatic rings. The Morgan fingerprint density at radius 1 is 1.53 bits per heavy atom. The molecule has 1 aromatic carbocycles. The maximum Gasteiger partial charge on any atom is 0.255 e. The molecule has 1 heterocycles. The average Bonchev–Trinajstić information content (AvgIpc) is 2.37. The number of likely N-dealkylation sites (tertiary alicyclic amines) is 1. The Hall–Kier alpha value is -1.62. The predicted molar refractivity (Wildman–Crippen MR) is 73.4 cm³/mol. The number of nitrogens with two attached hydrogens (primary N) is 1. The Labute approximate surface area is 113 Å². The Bertz CT molecular complexity index is 478. The van der Waals surface area contributed by atoms with Crippen molar-refractivity contribution in [2.75, 3.05) is 32.9 Å². The predicted octanol–water partition coefficient (Wildman–Crippen LogP) is 1.57. The number of benzene rings is 1. The van der Waals surface area contributed by atoms with Crippen LogP contribution < -0.4 is 5.73 Å². The lowest BCUT2D eigenvalue weighted by molar-refractivity contribution is 0.0645. The number of nitrogens with zero attached hydrogens (tertiary/aromatic N) is 2. The minimum atomic E-state index is -0.422. The van der Waals surface area contributed by atoms with E-state index in [1.54, 1.807) is 11.9 Å². The first kappa shape index (κ1) is 13.8. The fourth-order valence-corrected chi connectivity index (χ4v) is 2.54. The molecule has 1 aliphatic heterocycles. The zero-order chi connectivity index (χ0) is 14.0. The second-order valence-electron chi connectivity index (χ2n) is 5.21. The maximum absolute atomic E-state index is 13.0. The zero-order valence-corrected chi connectivity index (χ0v) is 11.4. The second-order valence-corrected chi connectivity index (χ2v) is 5.21. The van der Waals surface area contributed by atoms with Gasteiger partial charge in [-0.25, -0.2) is 4.39 Å². The molecule has 4 nitrogen and oxygen atoms in total. The number of amides is 1. The molecule has 1 aromatic rings. The molecule has 1 atom stereocenters. The summed E-state index contributed by atoms with van der Waals surface area (Å²) in [4.78, 5) is 16.3. The summed E-state index contributed by atoms with van der Waals surface area (Å²) in [7, 11) is 3.84. The zero-order valence-electron chi connectivity index (χ0n) is 11.4. The van der Waals surface area contributed by atoms with Crippen LogP contribution in [0.25, 0.3) is 0 Å². The van der Waals surface area contributed by atoms with Crippen LogP contribution >= 0.6 is 0 Å². The summed E-state index contributed by atoms with van der Waals surface area (Å²) in [5, 5.41) is 0. The van der Waals surface area contributed by atoms with Gasteiger partial charge in [-0.2, -0.15) is 0 Å². The molecule has 2 N–H and O–H groups in total. The van der Waals surface area contributed by atoms with Crippen LogP contribution in [-0.2, 0) is 0 Å². The van der Waals surface area contributed by atoms with E-state index in [-0.39, 0.29) is 17.6 Å². The summed E-state index contributed by atoms with van der Waals surface area (Å²) in [5.41, 5.74) is 6.29. The third-order valence-electron chi connectivity index (χ3n) is 3.71. The number of anilines is 1. The van der Waals surface area contributed by atoms with E-state index >= 15 is 0 Å². The van der Waals surface area contributed by atoms with Crippen molar-refractivity contribution >= 4 is 11.6 Å². The summed E-state index contributed by atoms with van der Waals surface area (Å²) in [6, 6.07) is 4.10. The first-order chi connectivity index (χ1) is 8.99. The van der Waals surface area contributed by atoms with Crippen LogP contribution in [0.4, 0.5) is 10.1 Å². The van der Waals surface area contributed by atoms with Gasteiger partial charge in [-0.05, 0) is 44.6 Å². The summed E-state index contributed by atoms with van der Waals surface area (Å²) < 4.78 is 13.0. The van der Waals surface area contributed by atoms with Gasteiger partial charge < -0.3 is 15.5 Å². The maximum atomic E-state index is 13.0. The van der Waals surface area contributed by atoms with Gasteiger partial charge in [0.05, 0.1) is 5.56 Å². The minimum Gasteiger partial charge on any atom is -0.398 e. The van der Waals surface area contributed by atoms with E-state index < -0.39 is 5.82 Å². The lowest BCUT2D eigenvalue weighted by Gasteiger charge is -2.36. The molecule has 1 saturated heterocycles. The summed E-state index contributed by atoms with van der Waals surface area (Å²) in [6.45, 7) is 1.93. The molecule has 1 unspecified atom stereocenters. The van der Waals surface area contributed by atoms with E-state index in [0.717, 1.165) is 25.9 Å². The van der Waals surface area contributed by atoms with Crippen LogP contribution in [0, 0.1) is 5.82 Å². The molecule has 0 bridgehead atoms.